The van der Waals surface area contributed by atoms with E-state index in [0.717, 1.165) is 35.0 Å². The van der Waals surface area contributed by atoms with Gasteiger partial charge in [0.25, 0.3) is 5.91 Å². The van der Waals surface area contributed by atoms with E-state index in [-0.39, 0.29) is 12.5 Å². The number of anilines is 1. The first-order valence-corrected chi connectivity index (χ1v) is 12.5. The second kappa shape index (κ2) is 10.2. The van der Waals surface area contributed by atoms with Gasteiger partial charge in [-0.25, -0.2) is 14.8 Å². The number of carbonyl (C=O) groups excluding carboxylic acids is 2. The third-order valence-electron chi connectivity index (χ3n) is 6.14. The third-order valence-corrected chi connectivity index (χ3v) is 7.33. The predicted molar refractivity (Wildman–Crippen MR) is 136 cm³/mol. The lowest BCUT2D eigenvalue weighted by Gasteiger charge is -2.18. The smallest absolute Gasteiger partial charge is 0.329 e. The van der Waals surface area contributed by atoms with E-state index in [1.54, 1.807) is 35.6 Å². The van der Waals surface area contributed by atoms with Gasteiger partial charge in [0.15, 0.2) is 12.4 Å². The molecule has 1 unspecified atom stereocenters. The largest absolute Gasteiger partial charge is 0.456 e. The van der Waals surface area contributed by atoms with Crippen LogP contribution in [-0.4, -0.2) is 27.9 Å². The molecule has 5 rings (SSSR count). The summed E-state index contributed by atoms with van der Waals surface area (Å²) in [6.45, 7) is -0.117. The number of ether oxygens (including phenoxy) is 1. The van der Waals surface area contributed by atoms with Crippen molar-refractivity contribution < 1.29 is 14.3 Å². The summed E-state index contributed by atoms with van der Waals surface area (Å²) in [6, 6.07) is 17.4. The molecule has 1 amide bonds. The molecule has 1 aliphatic rings. The zero-order chi connectivity index (χ0) is 24.2. The van der Waals surface area contributed by atoms with Crippen molar-refractivity contribution in [1.82, 2.24) is 15.3 Å². The van der Waals surface area contributed by atoms with Crippen LogP contribution in [0.4, 0.5) is 5.82 Å². The lowest BCUT2D eigenvalue weighted by Crippen LogP contribution is -2.43. The first-order valence-electron chi connectivity index (χ1n) is 11.7. The number of amides is 1. The van der Waals surface area contributed by atoms with Crippen molar-refractivity contribution in [1.29, 1.82) is 0 Å². The maximum atomic E-state index is 13.1. The fourth-order valence-electron chi connectivity index (χ4n) is 4.41. The normalized spacial score (nSPS) is 13.7. The number of esters is 1. The Bertz CT molecular complexity index is 1360. The summed E-state index contributed by atoms with van der Waals surface area (Å²) < 4.78 is 5.58. The molecule has 0 spiro atoms. The minimum atomic E-state index is -0.861. The van der Waals surface area contributed by atoms with E-state index in [2.05, 4.69) is 15.3 Å². The van der Waals surface area contributed by atoms with Gasteiger partial charge in [-0.15, -0.1) is 11.3 Å². The van der Waals surface area contributed by atoms with Crippen LogP contribution in [0.3, 0.4) is 0 Å². The minimum Gasteiger partial charge on any atom is -0.456 e. The number of nitrogens with one attached hydrogen (secondary N) is 1. The number of aryl methyl sites for hydroxylation is 2. The summed E-state index contributed by atoms with van der Waals surface area (Å²) in [6.07, 6.45) is 4.67. The van der Waals surface area contributed by atoms with Crippen molar-refractivity contribution in [2.24, 2.45) is 0 Å². The Kier molecular flexibility index (Phi) is 6.72. The highest BCUT2D eigenvalue weighted by molar-refractivity contribution is 7.19. The highest BCUT2D eigenvalue weighted by Crippen LogP contribution is 2.37. The van der Waals surface area contributed by atoms with Crippen LogP contribution in [0.5, 0.6) is 0 Å². The number of benzene rings is 2. The van der Waals surface area contributed by atoms with E-state index in [4.69, 9.17) is 10.5 Å². The molecule has 1 atom stereocenters. The van der Waals surface area contributed by atoms with Crippen LogP contribution in [0.15, 0.2) is 60.7 Å². The molecule has 3 N–H and O–H groups in total. The van der Waals surface area contributed by atoms with E-state index in [0.29, 0.717) is 23.6 Å². The molecular formula is C27H26N4O3S. The Morgan fingerprint density at radius 3 is 2.49 bits per heavy atom. The molecule has 0 saturated heterocycles. The zero-order valence-electron chi connectivity index (χ0n) is 19.2. The summed E-state index contributed by atoms with van der Waals surface area (Å²) in [7, 11) is 0. The number of aromatic nitrogens is 2. The summed E-state index contributed by atoms with van der Waals surface area (Å²) in [4.78, 5) is 37.0. The first-order chi connectivity index (χ1) is 17.1. The SMILES string of the molecule is Nc1nc(COC(=O)C(Cc2ccccc2)NC(=O)c2ccccc2)nc2sc3c(c12)CCCC3. The Morgan fingerprint density at radius 1 is 1.00 bits per heavy atom. The predicted octanol–water partition coefficient (Wildman–Crippen LogP) is 4.24. The molecule has 4 aromatic rings. The highest BCUT2D eigenvalue weighted by Gasteiger charge is 2.25. The first kappa shape index (κ1) is 23.0. The maximum Gasteiger partial charge on any atom is 0.329 e. The second-order valence-corrected chi connectivity index (χ2v) is 9.69. The van der Waals surface area contributed by atoms with Crippen LogP contribution >= 0.6 is 11.3 Å². The summed E-state index contributed by atoms with van der Waals surface area (Å²) in [5.74, 6) is -0.103. The summed E-state index contributed by atoms with van der Waals surface area (Å²) >= 11 is 1.65. The average molecular weight is 487 g/mol. The fourth-order valence-corrected chi connectivity index (χ4v) is 5.69. The van der Waals surface area contributed by atoms with Crippen molar-refractivity contribution >= 4 is 39.2 Å². The summed E-state index contributed by atoms with van der Waals surface area (Å²) in [5, 5.41) is 3.76. The number of nitrogens with two attached hydrogens (primary N) is 1. The van der Waals surface area contributed by atoms with Crippen LogP contribution in [0, 0.1) is 0 Å². The molecule has 8 heteroatoms. The number of nitrogen functional groups attached to an aromatic ring is 1. The van der Waals surface area contributed by atoms with E-state index in [1.165, 1.54) is 16.9 Å². The van der Waals surface area contributed by atoms with Crippen LogP contribution < -0.4 is 11.1 Å². The average Bonchev–Trinajstić information content (AvgIpc) is 3.27. The number of thiophene rings is 1. The van der Waals surface area contributed by atoms with Crippen molar-refractivity contribution in [3.05, 3.63) is 88.1 Å². The molecule has 2 aromatic heterocycles. The molecule has 0 aliphatic heterocycles. The van der Waals surface area contributed by atoms with Gasteiger partial charge in [-0.05, 0) is 48.9 Å². The van der Waals surface area contributed by atoms with Crippen LogP contribution in [0.25, 0.3) is 10.2 Å². The number of rotatable bonds is 7. The van der Waals surface area contributed by atoms with Gasteiger partial charge >= 0.3 is 5.97 Å². The zero-order valence-corrected chi connectivity index (χ0v) is 20.0. The molecule has 0 saturated carbocycles. The molecular weight excluding hydrogens is 460 g/mol. The van der Waals surface area contributed by atoms with Gasteiger partial charge in [-0.2, -0.15) is 0 Å². The number of hydrogen-bond acceptors (Lipinski definition) is 7. The van der Waals surface area contributed by atoms with Gasteiger partial charge in [0, 0.05) is 16.9 Å². The van der Waals surface area contributed by atoms with E-state index in [9.17, 15) is 9.59 Å². The van der Waals surface area contributed by atoms with Gasteiger partial charge in [0.1, 0.15) is 16.7 Å². The molecule has 7 nitrogen and oxygen atoms in total. The minimum absolute atomic E-state index is 0.117. The number of carbonyl (C=O) groups is 2. The maximum absolute atomic E-state index is 13.1. The lowest BCUT2D eigenvalue weighted by atomic mass is 9.97. The molecule has 0 radical (unpaired) electrons. The fraction of sp³-hybridized carbons (Fsp3) is 0.259. The Morgan fingerprint density at radius 2 is 1.71 bits per heavy atom. The Balaban J connectivity index is 1.32. The van der Waals surface area contributed by atoms with Crippen LogP contribution in [-0.2, 0) is 35.4 Å². The van der Waals surface area contributed by atoms with Crippen molar-refractivity contribution in [2.75, 3.05) is 5.73 Å². The molecule has 178 valence electrons. The topological polar surface area (TPSA) is 107 Å². The van der Waals surface area contributed by atoms with Crippen molar-refractivity contribution in [3.63, 3.8) is 0 Å². The van der Waals surface area contributed by atoms with Crippen molar-refractivity contribution in [3.8, 4) is 0 Å². The number of hydrogen-bond donors (Lipinski definition) is 2. The molecule has 1 aliphatic carbocycles. The summed E-state index contributed by atoms with van der Waals surface area (Å²) in [5.41, 5.74) is 8.93. The molecule has 0 fully saturated rings. The van der Waals surface area contributed by atoms with E-state index in [1.807, 2.05) is 36.4 Å². The van der Waals surface area contributed by atoms with E-state index >= 15 is 0 Å². The lowest BCUT2D eigenvalue weighted by molar-refractivity contribution is -0.147. The van der Waals surface area contributed by atoms with Gasteiger partial charge in [-0.3, -0.25) is 4.79 Å². The van der Waals surface area contributed by atoms with Crippen LogP contribution in [0.1, 0.15) is 45.0 Å². The van der Waals surface area contributed by atoms with Gasteiger partial charge in [-0.1, -0.05) is 48.5 Å². The third kappa shape index (κ3) is 5.17. The Labute approximate surface area is 207 Å². The molecule has 35 heavy (non-hydrogen) atoms. The second-order valence-electron chi connectivity index (χ2n) is 8.61. The van der Waals surface area contributed by atoms with Gasteiger partial charge in [0.05, 0.1) is 5.39 Å². The number of fused-ring (bicyclic) bond motifs is 3. The van der Waals surface area contributed by atoms with Gasteiger partial charge < -0.3 is 15.8 Å². The quantitative estimate of drug-likeness (QED) is 0.379. The molecule has 2 heterocycles. The molecule has 2 aromatic carbocycles. The monoisotopic (exact) mass is 486 g/mol. The standard InChI is InChI=1S/C27H26N4O3S/c28-24-23-19-13-7-8-14-21(19)35-26(23)31-22(30-24)16-34-27(33)20(15-17-9-3-1-4-10-17)29-25(32)18-11-5-2-6-12-18/h1-6,9-12,20H,7-8,13-16H2,(H,29,32)(H2,28,30,31). The number of nitrogens with zero attached hydrogens (tertiary/aromatic N) is 2. The van der Waals surface area contributed by atoms with Crippen LogP contribution in [0.2, 0.25) is 0 Å². The van der Waals surface area contributed by atoms with E-state index < -0.39 is 12.0 Å². The van der Waals surface area contributed by atoms with Crippen molar-refractivity contribution in [2.45, 2.75) is 44.8 Å². The highest BCUT2D eigenvalue weighted by atomic mass is 32.1. The Hall–Kier alpha value is -3.78. The van der Waals surface area contributed by atoms with Gasteiger partial charge in [0.2, 0.25) is 0 Å². The molecule has 0 bridgehead atoms.